The Morgan fingerprint density at radius 1 is 0.396 bits per heavy atom. The van der Waals surface area contributed by atoms with Gasteiger partial charge >= 0.3 is 0 Å². The van der Waals surface area contributed by atoms with Crippen molar-refractivity contribution in [2.45, 2.75) is 157 Å². The molecule has 0 fully saturated rings. The number of nitrogens with zero attached hydrogens (tertiary/aromatic N) is 16. The summed E-state index contributed by atoms with van der Waals surface area (Å²) in [5, 5.41) is 99.2. The van der Waals surface area contributed by atoms with Gasteiger partial charge in [-0.15, -0.1) is 30.6 Å². The smallest absolute Gasteiger partial charge is 0.222 e. The van der Waals surface area contributed by atoms with Crippen molar-refractivity contribution >= 4 is 118 Å². The standard InChI is InChI=1S/C63H87N19O3S6/c1-58(2,3)46-70-73-55(89-46)67-52(80-43(37-25-19-22-28-40(37)83)86-49(76-80)61(10,11)12)64-31-34-79(35-32-65-53(68-56-74-71-47(90-56)59(4,5)6)81-44(38-26-20-23-29-41(38)84)87-50(77-81)62(13,14)15)36-33-66-54(69-57-75-72-48(91-57)60(7,8)9)82-45(39-27-21-24-30-42(39)85)88-51(78-82)63(16,17)18/h19-30,43-45,83-85H,31-36H2,1-18H3,(H,64,67,73)(H,65,68,74)(H,66,69,75). The topological polar surface area (TPSA) is 261 Å². The summed E-state index contributed by atoms with van der Waals surface area (Å²) < 4.78 is 0. The van der Waals surface area contributed by atoms with E-state index >= 15 is 0 Å². The lowest BCUT2D eigenvalue weighted by Crippen LogP contribution is -2.37. The maximum absolute atomic E-state index is 11.4. The summed E-state index contributed by atoms with van der Waals surface area (Å²) in [6.45, 7) is 40.2. The predicted molar refractivity (Wildman–Crippen MR) is 382 cm³/mol. The van der Waals surface area contributed by atoms with E-state index in [4.69, 9.17) is 30.3 Å². The highest BCUT2D eigenvalue weighted by Crippen LogP contribution is 2.50. The number of nitrogens with one attached hydrogen (secondary N) is 3. The maximum atomic E-state index is 11.4. The first kappa shape index (κ1) is 68.9. The average Bonchev–Trinajstić information content (AvgIpc) is 1.67. The van der Waals surface area contributed by atoms with Gasteiger partial charge in [0, 0.05) is 68.8 Å². The minimum Gasteiger partial charge on any atom is -0.508 e. The van der Waals surface area contributed by atoms with Crippen LogP contribution in [0.2, 0.25) is 0 Å². The van der Waals surface area contributed by atoms with Gasteiger partial charge in [0.05, 0.1) is 19.6 Å². The summed E-state index contributed by atoms with van der Waals surface area (Å²) in [6, 6.07) is 22.0. The summed E-state index contributed by atoms with van der Waals surface area (Å²) in [7, 11) is 0. The lowest BCUT2D eigenvalue weighted by molar-refractivity contribution is 0.295. The highest BCUT2D eigenvalue weighted by atomic mass is 32.2. The molecular formula is C63H87N19O3S6. The van der Waals surface area contributed by atoms with Gasteiger partial charge in [0.15, 0.2) is 0 Å². The van der Waals surface area contributed by atoms with E-state index in [1.165, 1.54) is 34.0 Å². The third-order valence-corrected chi connectivity index (χ3v) is 22.6. The number of hydrogen-bond donors (Lipinski definition) is 6. The van der Waals surface area contributed by atoms with Gasteiger partial charge in [-0.3, -0.25) is 20.9 Å². The van der Waals surface area contributed by atoms with Crippen molar-refractivity contribution in [2.24, 2.45) is 46.5 Å². The van der Waals surface area contributed by atoms with E-state index in [0.29, 0.717) is 69.6 Å². The number of aliphatic imine (C=N–C) groups is 3. The van der Waals surface area contributed by atoms with E-state index in [9.17, 15) is 15.3 Å². The van der Waals surface area contributed by atoms with Gasteiger partial charge in [-0.2, -0.15) is 15.3 Å². The molecule has 91 heavy (non-hydrogen) atoms. The molecule has 6 N–H and O–H groups in total. The van der Waals surface area contributed by atoms with Gasteiger partial charge in [-0.05, 0) is 18.2 Å². The van der Waals surface area contributed by atoms with Crippen molar-refractivity contribution in [3.05, 3.63) is 105 Å². The number of thioether (sulfide) groups is 3. The Balaban J connectivity index is 1.13. The highest BCUT2D eigenvalue weighted by molar-refractivity contribution is 8.15. The first-order valence-corrected chi connectivity index (χ1v) is 35.4. The molecule has 0 bridgehead atoms. The number of aromatic nitrogens is 6. The molecule has 3 unspecified atom stereocenters. The summed E-state index contributed by atoms with van der Waals surface area (Å²) in [5.41, 5.74) is 0.350. The molecule has 488 valence electrons. The second-order valence-electron chi connectivity index (χ2n) is 28.4. The van der Waals surface area contributed by atoms with Crippen LogP contribution in [0.15, 0.2) is 103 Å². The van der Waals surface area contributed by atoms with Gasteiger partial charge in [0.2, 0.25) is 33.3 Å². The highest BCUT2D eigenvalue weighted by Gasteiger charge is 2.42. The first-order valence-electron chi connectivity index (χ1n) is 30.3. The van der Waals surface area contributed by atoms with E-state index in [0.717, 1.165) is 30.2 Å². The lowest BCUT2D eigenvalue weighted by Gasteiger charge is -2.26. The lowest BCUT2D eigenvalue weighted by atomic mass is 9.98. The zero-order valence-electron chi connectivity index (χ0n) is 55.3. The Hall–Kier alpha value is -6.43. The number of phenols is 3. The van der Waals surface area contributed by atoms with Crippen molar-refractivity contribution in [2.75, 3.05) is 55.2 Å². The van der Waals surface area contributed by atoms with Gasteiger partial charge in [0.1, 0.15) is 63.5 Å². The number of benzene rings is 3. The first-order chi connectivity index (χ1) is 42.6. The number of aromatic hydroxyl groups is 3. The Labute approximate surface area is 560 Å². The number of anilines is 3. The number of hydrazone groups is 3. The number of guanidine groups is 3. The zero-order valence-corrected chi connectivity index (χ0v) is 60.2. The third-order valence-electron chi connectivity index (χ3n) is 14.0. The molecule has 0 spiro atoms. The Morgan fingerprint density at radius 2 is 0.648 bits per heavy atom. The van der Waals surface area contributed by atoms with E-state index in [1.54, 1.807) is 53.5 Å². The quantitative estimate of drug-likeness (QED) is 0.0412. The van der Waals surface area contributed by atoms with Crippen LogP contribution in [0.25, 0.3) is 0 Å². The molecule has 3 aliphatic heterocycles. The molecule has 0 saturated carbocycles. The molecule has 6 aromatic rings. The molecule has 22 nitrogen and oxygen atoms in total. The van der Waals surface area contributed by atoms with Crippen LogP contribution in [-0.2, 0) is 16.2 Å². The van der Waals surface area contributed by atoms with Crippen molar-refractivity contribution in [3.63, 3.8) is 0 Å². The van der Waals surface area contributed by atoms with Gasteiger partial charge in [-0.25, -0.2) is 30.0 Å². The van der Waals surface area contributed by atoms with Crippen molar-refractivity contribution in [1.29, 1.82) is 0 Å². The van der Waals surface area contributed by atoms with Crippen LogP contribution in [0.4, 0.5) is 15.4 Å². The maximum Gasteiger partial charge on any atom is 0.222 e. The van der Waals surface area contributed by atoms with E-state index < -0.39 is 16.1 Å². The average molecular weight is 1350 g/mol. The Kier molecular flexibility index (Phi) is 20.9. The van der Waals surface area contributed by atoms with Crippen molar-refractivity contribution < 1.29 is 15.3 Å². The van der Waals surface area contributed by atoms with E-state index in [1.807, 2.05) is 69.6 Å². The molecule has 0 aliphatic carbocycles. The normalized spacial score (nSPS) is 18.4. The minimum atomic E-state index is -0.466. The third kappa shape index (κ3) is 17.2. The van der Waals surface area contributed by atoms with Gasteiger partial charge < -0.3 is 15.3 Å². The number of rotatable bonds is 15. The fourth-order valence-corrected chi connectivity index (χ4v) is 15.1. The van der Waals surface area contributed by atoms with Crippen LogP contribution in [0.1, 0.15) is 172 Å². The van der Waals surface area contributed by atoms with Crippen LogP contribution >= 0.6 is 69.3 Å². The second-order valence-corrected chi connectivity index (χ2v) is 34.5. The molecular weight excluding hydrogens is 1260 g/mol. The van der Waals surface area contributed by atoms with Crippen LogP contribution in [-0.4, -0.2) is 138 Å². The number of para-hydroxylation sites is 3. The molecule has 3 aromatic carbocycles. The summed E-state index contributed by atoms with van der Waals surface area (Å²) >= 11 is 9.10. The molecule has 3 atom stereocenters. The zero-order chi connectivity index (χ0) is 66.0. The van der Waals surface area contributed by atoms with Crippen LogP contribution in [0.3, 0.4) is 0 Å². The van der Waals surface area contributed by atoms with Crippen LogP contribution in [0, 0.1) is 16.2 Å². The molecule has 6 heterocycles. The number of hydrogen-bond acceptors (Lipinski definition) is 22. The Morgan fingerprint density at radius 3 is 0.868 bits per heavy atom. The molecule has 0 radical (unpaired) electrons. The van der Waals surface area contributed by atoms with Gasteiger partial charge in [0.25, 0.3) is 0 Å². The van der Waals surface area contributed by atoms with Crippen LogP contribution < -0.4 is 16.0 Å². The molecule has 3 aromatic heterocycles. The minimum absolute atomic E-state index is 0.150. The largest absolute Gasteiger partial charge is 0.508 e. The molecule has 9 rings (SSSR count). The molecule has 0 saturated heterocycles. The van der Waals surface area contributed by atoms with E-state index in [2.05, 4.69) is 176 Å². The van der Waals surface area contributed by atoms with Crippen molar-refractivity contribution in [1.82, 2.24) is 50.5 Å². The Bertz CT molecular complexity index is 3340. The van der Waals surface area contributed by atoms with Crippen LogP contribution in [0.5, 0.6) is 17.2 Å². The molecule has 0 amide bonds. The fourth-order valence-electron chi connectivity index (χ4n) is 8.87. The molecule has 3 aliphatic rings. The second kappa shape index (κ2) is 27.6. The summed E-state index contributed by atoms with van der Waals surface area (Å²) in [4.78, 5) is 18.4. The summed E-state index contributed by atoms with van der Waals surface area (Å²) in [5.74, 6) is 1.76. The SMILES string of the molecule is CC(C)(C)C1=NN(C(=NCCN(CCN=C(Nc2nnc(C(C)(C)C)s2)N2N=C(C(C)(C)C)SC2c2ccccc2O)CCN=C(Nc2nnc(C(C)(C)C)s2)N2N=C(C(C)(C)C)SC2c2ccccc2O)Nc2nnc(C(C)(C)C)s2)C(c2ccccc2O)S1. The number of phenolic OH excluding ortho intramolecular Hbond substituents is 3. The summed E-state index contributed by atoms with van der Waals surface area (Å²) in [6.07, 6.45) is 0. The monoisotopic (exact) mass is 1350 g/mol. The molecule has 28 heteroatoms. The predicted octanol–water partition coefficient (Wildman–Crippen LogP) is 14.6. The van der Waals surface area contributed by atoms with Gasteiger partial charge in [-0.1, -0.05) is 249 Å². The van der Waals surface area contributed by atoms with Crippen molar-refractivity contribution in [3.8, 4) is 17.2 Å². The fraction of sp³-hybridized carbons (Fsp3) is 0.524. The van der Waals surface area contributed by atoms with E-state index in [-0.39, 0.29) is 69.4 Å².